The SMILES string of the molecule is COC(=O)/C=c1\sc2c(C(=O)C(=O)OC)c3ccccc3n2c1=O. The van der Waals surface area contributed by atoms with E-state index in [0.717, 1.165) is 24.5 Å². The van der Waals surface area contributed by atoms with Crippen LogP contribution in [0.4, 0.5) is 0 Å². The topological polar surface area (TPSA) is 91.2 Å². The van der Waals surface area contributed by atoms with Crippen LogP contribution in [-0.4, -0.2) is 36.3 Å². The maximum atomic E-state index is 12.6. The van der Waals surface area contributed by atoms with Crippen LogP contribution in [0.15, 0.2) is 29.1 Å². The number of Topliss-reactive ketones (excluding diaryl/α,β-unsaturated/α-hetero) is 1. The van der Waals surface area contributed by atoms with Gasteiger partial charge in [0.05, 0.1) is 25.3 Å². The molecule has 2 aromatic heterocycles. The second-order valence-corrected chi connectivity index (χ2v) is 5.82. The first kappa shape index (κ1) is 15.9. The fraction of sp³-hybridized carbons (Fsp3) is 0.125. The van der Waals surface area contributed by atoms with E-state index in [2.05, 4.69) is 9.47 Å². The highest BCUT2D eigenvalue weighted by atomic mass is 32.1. The monoisotopic (exact) mass is 345 g/mol. The number of ether oxygens (including phenoxy) is 2. The Hall–Kier alpha value is -3.00. The fourth-order valence-electron chi connectivity index (χ4n) is 2.44. The smallest absolute Gasteiger partial charge is 0.379 e. The third-order valence-electron chi connectivity index (χ3n) is 3.50. The van der Waals surface area contributed by atoms with Crippen LogP contribution in [0.2, 0.25) is 0 Å². The molecule has 2 heterocycles. The second-order valence-electron chi connectivity index (χ2n) is 4.79. The second kappa shape index (κ2) is 5.89. The van der Waals surface area contributed by atoms with Gasteiger partial charge < -0.3 is 9.47 Å². The molecule has 0 saturated carbocycles. The Labute approximate surface area is 138 Å². The summed E-state index contributed by atoms with van der Waals surface area (Å²) >= 11 is 0.942. The number of fused-ring (bicyclic) bond motifs is 3. The van der Waals surface area contributed by atoms with Gasteiger partial charge in [-0.2, -0.15) is 0 Å². The van der Waals surface area contributed by atoms with Gasteiger partial charge in [0.15, 0.2) is 0 Å². The Bertz CT molecular complexity index is 1110. The van der Waals surface area contributed by atoms with Gasteiger partial charge in [-0.25, -0.2) is 9.59 Å². The molecule has 0 radical (unpaired) electrons. The molecular formula is C16H11NO6S. The number of para-hydroxylation sites is 1. The molecule has 24 heavy (non-hydrogen) atoms. The molecule has 7 nitrogen and oxygen atoms in total. The molecule has 0 aliphatic heterocycles. The molecule has 0 aliphatic rings. The number of carbonyl (C=O) groups is 3. The minimum absolute atomic E-state index is 0.0871. The molecule has 0 N–H and O–H groups in total. The maximum absolute atomic E-state index is 12.6. The largest absolute Gasteiger partial charge is 0.466 e. The number of esters is 2. The van der Waals surface area contributed by atoms with Crippen molar-refractivity contribution in [1.82, 2.24) is 4.40 Å². The quantitative estimate of drug-likeness (QED) is 0.391. The maximum Gasteiger partial charge on any atom is 0.379 e. The molecule has 8 heteroatoms. The molecule has 0 fully saturated rings. The Morgan fingerprint density at radius 1 is 1.12 bits per heavy atom. The zero-order valence-electron chi connectivity index (χ0n) is 12.7. The van der Waals surface area contributed by atoms with Crippen molar-refractivity contribution in [2.45, 2.75) is 0 Å². The van der Waals surface area contributed by atoms with Crippen molar-refractivity contribution in [2.75, 3.05) is 14.2 Å². The molecule has 1 aromatic carbocycles. The van der Waals surface area contributed by atoms with Gasteiger partial charge >= 0.3 is 11.9 Å². The van der Waals surface area contributed by atoms with Gasteiger partial charge in [-0.15, -0.1) is 11.3 Å². The zero-order chi connectivity index (χ0) is 17.4. The van der Waals surface area contributed by atoms with E-state index < -0.39 is 23.3 Å². The van der Waals surface area contributed by atoms with E-state index >= 15 is 0 Å². The van der Waals surface area contributed by atoms with Gasteiger partial charge in [0, 0.05) is 11.5 Å². The lowest BCUT2D eigenvalue weighted by molar-refractivity contribution is -0.135. The molecule has 0 saturated heterocycles. The zero-order valence-corrected chi connectivity index (χ0v) is 13.5. The van der Waals surface area contributed by atoms with E-state index in [9.17, 15) is 19.2 Å². The molecule has 0 spiro atoms. The summed E-state index contributed by atoms with van der Waals surface area (Å²) in [5.74, 6) is -2.54. The summed E-state index contributed by atoms with van der Waals surface area (Å²) in [6, 6.07) is 6.72. The average molecular weight is 345 g/mol. The Morgan fingerprint density at radius 2 is 1.83 bits per heavy atom. The van der Waals surface area contributed by atoms with Crippen LogP contribution >= 0.6 is 11.3 Å². The molecule has 0 atom stereocenters. The van der Waals surface area contributed by atoms with E-state index in [4.69, 9.17) is 0 Å². The van der Waals surface area contributed by atoms with Crippen LogP contribution in [0, 0.1) is 0 Å². The highest BCUT2D eigenvalue weighted by molar-refractivity contribution is 7.16. The summed E-state index contributed by atoms with van der Waals surface area (Å²) in [6.45, 7) is 0. The first-order valence-electron chi connectivity index (χ1n) is 6.78. The lowest BCUT2D eigenvalue weighted by Crippen LogP contribution is -2.24. The number of hydrogen-bond donors (Lipinski definition) is 0. The average Bonchev–Trinajstić information content (AvgIpc) is 3.08. The molecule has 3 rings (SSSR count). The number of methoxy groups -OCH3 is 2. The highest BCUT2D eigenvalue weighted by Crippen LogP contribution is 2.27. The number of carbonyl (C=O) groups excluding carboxylic acids is 3. The summed E-state index contributed by atoms with van der Waals surface area (Å²) in [5.41, 5.74) is 0.107. The summed E-state index contributed by atoms with van der Waals surface area (Å²) in [4.78, 5) is 48.3. The van der Waals surface area contributed by atoms with Crippen LogP contribution in [0.3, 0.4) is 0 Å². The van der Waals surface area contributed by atoms with Crippen molar-refractivity contribution in [3.05, 3.63) is 44.7 Å². The fourth-order valence-corrected chi connectivity index (χ4v) is 3.56. The van der Waals surface area contributed by atoms with Gasteiger partial charge in [-0.05, 0) is 6.07 Å². The predicted molar refractivity (Wildman–Crippen MR) is 87.1 cm³/mol. The van der Waals surface area contributed by atoms with Gasteiger partial charge in [-0.3, -0.25) is 14.0 Å². The van der Waals surface area contributed by atoms with Gasteiger partial charge in [-0.1, -0.05) is 18.2 Å². The minimum atomic E-state index is -1.02. The van der Waals surface area contributed by atoms with Crippen LogP contribution in [0.1, 0.15) is 10.4 Å². The molecule has 0 unspecified atom stereocenters. The molecular weight excluding hydrogens is 334 g/mol. The number of rotatable bonds is 3. The van der Waals surface area contributed by atoms with Crippen LogP contribution in [0.25, 0.3) is 21.8 Å². The van der Waals surface area contributed by atoms with E-state index in [-0.39, 0.29) is 14.9 Å². The number of aromatic nitrogens is 1. The lowest BCUT2D eigenvalue weighted by Gasteiger charge is -1.97. The molecule has 0 bridgehead atoms. The van der Waals surface area contributed by atoms with Crippen molar-refractivity contribution in [1.29, 1.82) is 0 Å². The Kier molecular flexibility index (Phi) is 3.90. The van der Waals surface area contributed by atoms with Crippen molar-refractivity contribution in [2.24, 2.45) is 0 Å². The van der Waals surface area contributed by atoms with Crippen molar-refractivity contribution < 1.29 is 23.9 Å². The first-order chi connectivity index (χ1) is 11.5. The molecule has 0 amide bonds. The van der Waals surface area contributed by atoms with Crippen LogP contribution in [0.5, 0.6) is 0 Å². The summed E-state index contributed by atoms with van der Waals surface area (Å²) in [6.07, 6.45) is 1.06. The summed E-state index contributed by atoms with van der Waals surface area (Å²) in [7, 11) is 2.31. The van der Waals surface area contributed by atoms with Crippen molar-refractivity contribution >= 4 is 50.9 Å². The van der Waals surface area contributed by atoms with Crippen LogP contribution < -0.4 is 10.1 Å². The molecule has 122 valence electrons. The van der Waals surface area contributed by atoms with Gasteiger partial charge in [0.1, 0.15) is 9.36 Å². The number of benzene rings is 1. The van der Waals surface area contributed by atoms with Gasteiger partial charge in [0.2, 0.25) is 0 Å². The third-order valence-corrected chi connectivity index (χ3v) is 4.59. The van der Waals surface area contributed by atoms with E-state index in [1.165, 1.54) is 11.5 Å². The van der Waals surface area contributed by atoms with Crippen LogP contribution in [-0.2, 0) is 19.1 Å². The minimum Gasteiger partial charge on any atom is -0.466 e. The summed E-state index contributed by atoms with van der Waals surface area (Å²) < 4.78 is 10.4. The Balaban J connectivity index is 2.45. The summed E-state index contributed by atoms with van der Waals surface area (Å²) in [5, 5.41) is 0.473. The highest BCUT2D eigenvalue weighted by Gasteiger charge is 2.26. The van der Waals surface area contributed by atoms with Gasteiger partial charge in [0.25, 0.3) is 11.3 Å². The van der Waals surface area contributed by atoms with E-state index in [1.807, 2.05) is 0 Å². The van der Waals surface area contributed by atoms with Crippen molar-refractivity contribution in [3.63, 3.8) is 0 Å². The Morgan fingerprint density at radius 3 is 2.50 bits per heavy atom. The predicted octanol–water partition coefficient (Wildman–Crippen LogP) is 0.542. The third kappa shape index (κ3) is 2.28. The normalized spacial score (nSPS) is 11.8. The first-order valence-corrected chi connectivity index (χ1v) is 7.59. The number of nitrogens with zero attached hydrogens (tertiary/aromatic N) is 1. The number of hydrogen-bond acceptors (Lipinski definition) is 7. The van der Waals surface area contributed by atoms with E-state index in [1.54, 1.807) is 24.3 Å². The molecule has 0 aliphatic carbocycles. The van der Waals surface area contributed by atoms with Crippen molar-refractivity contribution in [3.8, 4) is 0 Å². The lowest BCUT2D eigenvalue weighted by atomic mass is 10.1. The number of ketones is 1. The van der Waals surface area contributed by atoms with E-state index in [0.29, 0.717) is 10.9 Å². The molecule has 3 aromatic rings. The number of thiazole rings is 1. The standard InChI is InChI=1S/C16H11NO6S/c1-22-11(18)7-10-14(20)17-9-6-4-3-5-8(9)12(15(17)24-10)13(19)16(21)23-2/h3-7H,1-2H3/b10-7-.